The molecule has 4 nitrogen and oxygen atoms in total. The summed E-state index contributed by atoms with van der Waals surface area (Å²) >= 11 is 3.29. The van der Waals surface area contributed by atoms with Gasteiger partial charge in [0.1, 0.15) is 5.76 Å². The number of amides is 1. The molecule has 2 aromatic rings. The van der Waals surface area contributed by atoms with Gasteiger partial charge in [-0.25, -0.2) is 0 Å². The molecule has 0 saturated carbocycles. The van der Waals surface area contributed by atoms with Crippen LogP contribution in [-0.4, -0.2) is 16.9 Å². The number of hydrogen-bond donors (Lipinski definition) is 1. The molecule has 0 aliphatic rings. The van der Waals surface area contributed by atoms with Crippen LogP contribution in [0.4, 0.5) is 0 Å². The van der Waals surface area contributed by atoms with E-state index >= 15 is 0 Å². The van der Waals surface area contributed by atoms with Gasteiger partial charge in [-0.05, 0) is 41.1 Å². The number of rotatable bonds is 4. The largest absolute Gasteiger partial charge is 0.469 e. The molecule has 1 atom stereocenters. The lowest BCUT2D eigenvalue weighted by Crippen LogP contribution is -2.34. The van der Waals surface area contributed by atoms with E-state index in [0.717, 1.165) is 10.2 Å². The highest BCUT2D eigenvalue weighted by molar-refractivity contribution is 9.10. The van der Waals surface area contributed by atoms with E-state index in [1.54, 1.807) is 24.7 Å². The molecule has 0 aliphatic heterocycles. The standard InChI is InChI=1S/C13H13BrN2O2/c1-9(5-12-3-2-4-18-12)16-13(17)10-6-11(14)8-15-7-10/h2-4,6-9H,5H2,1H3,(H,16,17). The van der Waals surface area contributed by atoms with Crippen molar-refractivity contribution in [2.75, 3.05) is 0 Å². The maximum Gasteiger partial charge on any atom is 0.253 e. The fourth-order valence-corrected chi connectivity index (χ4v) is 1.99. The molecule has 0 spiro atoms. The highest BCUT2D eigenvalue weighted by Gasteiger charge is 2.11. The van der Waals surface area contributed by atoms with Crippen molar-refractivity contribution in [1.82, 2.24) is 10.3 Å². The summed E-state index contributed by atoms with van der Waals surface area (Å²) in [5.41, 5.74) is 0.538. The topological polar surface area (TPSA) is 55.1 Å². The normalized spacial score (nSPS) is 12.1. The quantitative estimate of drug-likeness (QED) is 0.945. The van der Waals surface area contributed by atoms with Gasteiger partial charge in [0.2, 0.25) is 0 Å². The molecular weight excluding hydrogens is 296 g/mol. The molecule has 0 bridgehead atoms. The van der Waals surface area contributed by atoms with Gasteiger partial charge >= 0.3 is 0 Å². The Morgan fingerprint density at radius 3 is 3.06 bits per heavy atom. The molecule has 1 unspecified atom stereocenters. The number of carbonyl (C=O) groups is 1. The minimum atomic E-state index is -0.136. The Hall–Kier alpha value is -1.62. The van der Waals surface area contributed by atoms with Crippen LogP contribution >= 0.6 is 15.9 Å². The number of hydrogen-bond acceptors (Lipinski definition) is 3. The molecule has 0 saturated heterocycles. The van der Waals surface area contributed by atoms with Gasteiger partial charge in [-0.1, -0.05) is 0 Å². The van der Waals surface area contributed by atoms with Gasteiger partial charge < -0.3 is 9.73 Å². The molecule has 2 heterocycles. The van der Waals surface area contributed by atoms with E-state index in [1.165, 1.54) is 0 Å². The summed E-state index contributed by atoms with van der Waals surface area (Å²) in [6.45, 7) is 1.94. The lowest BCUT2D eigenvalue weighted by Gasteiger charge is -2.12. The maximum absolute atomic E-state index is 11.9. The number of nitrogens with zero attached hydrogens (tertiary/aromatic N) is 1. The van der Waals surface area contributed by atoms with Crippen LogP contribution in [0.2, 0.25) is 0 Å². The van der Waals surface area contributed by atoms with Crippen LogP contribution in [0.1, 0.15) is 23.0 Å². The Bertz CT molecular complexity index is 526. The Morgan fingerprint density at radius 2 is 2.39 bits per heavy atom. The molecule has 94 valence electrons. The summed E-state index contributed by atoms with van der Waals surface area (Å²) in [7, 11) is 0. The first kappa shape index (κ1) is 12.8. The van der Waals surface area contributed by atoms with E-state index in [-0.39, 0.29) is 11.9 Å². The molecule has 18 heavy (non-hydrogen) atoms. The zero-order chi connectivity index (χ0) is 13.0. The number of aromatic nitrogens is 1. The van der Waals surface area contributed by atoms with Crippen LogP contribution < -0.4 is 5.32 Å². The van der Waals surface area contributed by atoms with Crippen LogP contribution in [-0.2, 0) is 6.42 Å². The zero-order valence-corrected chi connectivity index (χ0v) is 11.5. The molecular formula is C13H13BrN2O2. The van der Waals surface area contributed by atoms with Crippen molar-refractivity contribution >= 4 is 21.8 Å². The van der Waals surface area contributed by atoms with Crippen LogP contribution in [0, 0.1) is 0 Å². The molecule has 0 radical (unpaired) electrons. The molecule has 0 fully saturated rings. The highest BCUT2D eigenvalue weighted by Crippen LogP contribution is 2.10. The number of furan rings is 1. The second-order valence-electron chi connectivity index (χ2n) is 4.05. The second kappa shape index (κ2) is 5.82. The minimum Gasteiger partial charge on any atom is -0.469 e. The molecule has 2 aromatic heterocycles. The molecule has 0 aromatic carbocycles. The predicted molar refractivity (Wildman–Crippen MR) is 71.3 cm³/mol. The monoisotopic (exact) mass is 308 g/mol. The Morgan fingerprint density at radius 1 is 1.56 bits per heavy atom. The maximum atomic E-state index is 11.9. The average Bonchev–Trinajstić information content (AvgIpc) is 2.81. The number of nitrogens with one attached hydrogen (secondary N) is 1. The zero-order valence-electron chi connectivity index (χ0n) is 9.89. The van der Waals surface area contributed by atoms with Gasteiger partial charge in [0.25, 0.3) is 5.91 Å². The smallest absolute Gasteiger partial charge is 0.253 e. The molecule has 0 aliphatic carbocycles. The SMILES string of the molecule is CC(Cc1ccco1)NC(=O)c1cncc(Br)c1. The first-order valence-electron chi connectivity index (χ1n) is 5.59. The second-order valence-corrected chi connectivity index (χ2v) is 4.97. The van der Waals surface area contributed by atoms with Crippen LogP contribution in [0.15, 0.2) is 45.7 Å². The van der Waals surface area contributed by atoms with Crippen molar-refractivity contribution in [2.24, 2.45) is 0 Å². The fourth-order valence-electron chi connectivity index (χ4n) is 1.62. The van der Waals surface area contributed by atoms with E-state index < -0.39 is 0 Å². The number of halogens is 1. The predicted octanol–water partition coefficient (Wildman–Crippen LogP) is 2.80. The van der Waals surface area contributed by atoms with Gasteiger partial charge in [0.15, 0.2) is 0 Å². The fraction of sp³-hybridized carbons (Fsp3) is 0.231. The van der Waals surface area contributed by atoms with Crippen LogP contribution in [0.5, 0.6) is 0 Å². The molecule has 5 heteroatoms. The summed E-state index contributed by atoms with van der Waals surface area (Å²) in [6.07, 6.45) is 5.48. The average molecular weight is 309 g/mol. The van der Waals surface area contributed by atoms with Crippen molar-refractivity contribution in [1.29, 1.82) is 0 Å². The van der Waals surface area contributed by atoms with Crippen molar-refractivity contribution in [3.63, 3.8) is 0 Å². The van der Waals surface area contributed by atoms with Gasteiger partial charge in [-0.2, -0.15) is 0 Å². The van der Waals surface area contributed by atoms with E-state index in [9.17, 15) is 4.79 Å². The lowest BCUT2D eigenvalue weighted by molar-refractivity contribution is 0.0939. The van der Waals surface area contributed by atoms with Crippen molar-refractivity contribution in [2.45, 2.75) is 19.4 Å². The molecule has 2 rings (SSSR count). The minimum absolute atomic E-state index is 0.00244. The third-order valence-corrected chi connectivity index (χ3v) is 2.87. The van der Waals surface area contributed by atoms with Gasteiger partial charge in [0.05, 0.1) is 11.8 Å². The van der Waals surface area contributed by atoms with E-state index in [4.69, 9.17) is 4.42 Å². The third-order valence-electron chi connectivity index (χ3n) is 2.43. The lowest BCUT2D eigenvalue weighted by atomic mass is 10.2. The summed E-state index contributed by atoms with van der Waals surface area (Å²) < 4.78 is 6.03. The van der Waals surface area contributed by atoms with Gasteiger partial charge in [0, 0.05) is 29.3 Å². The molecule has 1 N–H and O–H groups in total. The Labute approximate surface area is 114 Å². The summed E-state index contributed by atoms with van der Waals surface area (Å²) in [6, 6.07) is 5.47. The van der Waals surface area contributed by atoms with Gasteiger partial charge in [-0.15, -0.1) is 0 Å². The van der Waals surface area contributed by atoms with Crippen LogP contribution in [0.3, 0.4) is 0 Å². The van der Waals surface area contributed by atoms with Crippen LogP contribution in [0.25, 0.3) is 0 Å². The van der Waals surface area contributed by atoms with E-state index in [1.807, 2.05) is 19.1 Å². The van der Waals surface area contributed by atoms with E-state index in [2.05, 4.69) is 26.2 Å². The van der Waals surface area contributed by atoms with E-state index in [0.29, 0.717) is 12.0 Å². The first-order chi connectivity index (χ1) is 8.65. The Balaban J connectivity index is 1.95. The summed E-state index contributed by atoms with van der Waals surface area (Å²) in [4.78, 5) is 15.9. The van der Waals surface area contributed by atoms with Crippen molar-refractivity contribution < 1.29 is 9.21 Å². The summed E-state index contributed by atoms with van der Waals surface area (Å²) in [5.74, 6) is 0.720. The first-order valence-corrected chi connectivity index (χ1v) is 6.38. The summed E-state index contributed by atoms with van der Waals surface area (Å²) in [5, 5.41) is 2.90. The number of carbonyl (C=O) groups excluding carboxylic acids is 1. The van der Waals surface area contributed by atoms with Gasteiger partial charge in [-0.3, -0.25) is 9.78 Å². The highest BCUT2D eigenvalue weighted by atomic mass is 79.9. The van der Waals surface area contributed by atoms with Crippen molar-refractivity contribution in [3.8, 4) is 0 Å². The Kier molecular flexibility index (Phi) is 4.15. The third kappa shape index (κ3) is 3.43. The van der Waals surface area contributed by atoms with Crippen molar-refractivity contribution in [3.05, 3.63) is 52.7 Å². The number of pyridine rings is 1. The molecule has 1 amide bonds.